The minimum absolute atomic E-state index is 0.00124. The van der Waals surface area contributed by atoms with Gasteiger partial charge in [-0.15, -0.1) is 0 Å². The molecular formula is C31H38N2O5. The average molecular weight is 519 g/mol. The minimum atomic E-state index is -0.0265. The van der Waals surface area contributed by atoms with Crippen LogP contribution in [0.2, 0.25) is 0 Å². The lowest BCUT2D eigenvalue weighted by molar-refractivity contribution is -0.123. The Hall–Kier alpha value is -3.71. The Morgan fingerprint density at radius 2 is 1.61 bits per heavy atom. The van der Waals surface area contributed by atoms with E-state index in [0.29, 0.717) is 31.0 Å². The quantitative estimate of drug-likeness (QED) is 0.387. The fourth-order valence-electron chi connectivity index (χ4n) is 4.96. The van der Waals surface area contributed by atoms with Gasteiger partial charge in [-0.05, 0) is 73.2 Å². The van der Waals surface area contributed by atoms with Gasteiger partial charge in [0.2, 0.25) is 5.91 Å². The first kappa shape index (κ1) is 27.3. The van der Waals surface area contributed by atoms with E-state index in [1.54, 1.807) is 21.3 Å². The number of hydrogen-bond acceptors (Lipinski definition) is 6. The summed E-state index contributed by atoms with van der Waals surface area (Å²) in [4.78, 5) is 15.3. The van der Waals surface area contributed by atoms with Gasteiger partial charge in [0, 0.05) is 19.1 Å². The summed E-state index contributed by atoms with van der Waals surface area (Å²) in [6.07, 6.45) is 1.55. The Morgan fingerprint density at radius 3 is 2.29 bits per heavy atom. The molecule has 1 aliphatic heterocycles. The summed E-state index contributed by atoms with van der Waals surface area (Å²) in [7, 11) is 4.95. The van der Waals surface area contributed by atoms with Gasteiger partial charge in [-0.25, -0.2) is 0 Å². The van der Waals surface area contributed by atoms with Gasteiger partial charge < -0.3 is 24.3 Å². The lowest BCUT2D eigenvalue weighted by Gasteiger charge is -2.37. The number of rotatable bonds is 11. The minimum Gasteiger partial charge on any atom is -0.493 e. The third-order valence-electron chi connectivity index (χ3n) is 6.81. The highest BCUT2D eigenvalue weighted by molar-refractivity contribution is 5.78. The summed E-state index contributed by atoms with van der Waals surface area (Å²) in [6.45, 7) is 5.57. The zero-order chi connectivity index (χ0) is 27.1. The van der Waals surface area contributed by atoms with Crippen molar-refractivity contribution in [1.29, 1.82) is 0 Å². The molecule has 0 radical (unpaired) electrons. The topological polar surface area (TPSA) is 69.3 Å². The molecule has 1 N–H and O–H groups in total. The number of carbonyl (C=O) groups is 1. The SMILES string of the molecule is COc1cc2c(cc1OC)C(Cc1ccc(OC)c(OC(C)C)c1)N(CC(=O)NCc1ccccc1)CC2. The number of methoxy groups -OCH3 is 3. The maximum absolute atomic E-state index is 13.0. The number of amides is 1. The molecule has 0 aromatic heterocycles. The molecule has 1 atom stereocenters. The molecule has 1 aliphatic rings. The van der Waals surface area contributed by atoms with Crippen LogP contribution in [-0.4, -0.2) is 51.3 Å². The Balaban J connectivity index is 1.62. The molecule has 0 saturated carbocycles. The normalized spacial score (nSPS) is 15.1. The lowest BCUT2D eigenvalue weighted by atomic mass is 9.88. The van der Waals surface area contributed by atoms with Crippen LogP contribution >= 0.6 is 0 Å². The molecular weight excluding hydrogens is 480 g/mol. The second kappa shape index (κ2) is 12.7. The highest BCUT2D eigenvalue weighted by atomic mass is 16.5. The summed E-state index contributed by atoms with van der Waals surface area (Å²) >= 11 is 0. The third kappa shape index (κ3) is 6.58. The molecule has 0 fully saturated rings. The summed E-state index contributed by atoms with van der Waals surface area (Å²) in [6, 6.07) is 20.1. The molecule has 3 aromatic carbocycles. The van der Waals surface area contributed by atoms with Crippen LogP contribution in [0.25, 0.3) is 0 Å². The molecule has 0 spiro atoms. The summed E-state index contributed by atoms with van der Waals surface area (Å²) in [5.41, 5.74) is 4.53. The van der Waals surface area contributed by atoms with Crippen molar-refractivity contribution in [2.75, 3.05) is 34.4 Å². The van der Waals surface area contributed by atoms with Crippen LogP contribution in [0.5, 0.6) is 23.0 Å². The zero-order valence-corrected chi connectivity index (χ0v) is 23.0. The van der Waals surface area contributed by atoms with Crippen molar-refractivity contribution in [3.05, 3.63) is 82.9 Å². The smallest absolute Gasteiger partial charge is 0.234 e. The van der Waals surface area contributed by atoms with E-state index in [0.717, 1.165) is 41.2 Å². The van der Waals surface area contributed by atoms with Crippen LogP contribution < -0.4 is 24.3 Å². The highest BCUT2D eigenvalue weighted by Crippen LogP contribution is 2.40. The first-order valence-corrected chi connectivity index (χ1v) is 13.0. The monoisotopic (exact) mass is 518 g/mol. The Morgan fingerprint density at radius 1 is 0.895 bits per heavy atom. The maximum atomic E-state index is 13.0. The van der Waals surface area contributed by atoms with Gasteiger partial charge in [0.15, 0.2) is 23.0 Å². The highest BCUT2D eigenvalue weighted by Gasteiger charge is 2.31. The van der Waals surface area contributed by atoms with E-state index in [1.165, 1.54) is 5.56 Å². The molecule has 7 nitrogen and oxygen atoms in total. The number of nitrogens with one attached hydrogen (secondary N) is 1. The maximum Gasteiger partial charge on any atom is 0.234 e. The Bertz CT molecular complexity index is 1230. The van der Waals surface area contributed by atoms with E-state index in [9.17, 15) is 4.79 Å². The predicted molar refractivity (Wildman–Crippen MR) is 148 cm³/mol. The van der Waals surface area contributed by atoms with E-state index >= 15 is 0 Å². The lowest BCUT2D eigenvalue weighted by Crippen LogP contribution is -2.43. The average Bonchev–Trinajstić information content (AvgIpc) is 2.92. The van der Waals surface area contributed by atoms with Crippen molar-refractivity contribution >= 4 is 5.91 Å². The van der Waals surface area contributed by atoms with E-state index < -0.39 is 0 Å². The Labute approximate surface area is 225 Å². The van der Waals surface area contributed by atoms with Gasteiger partial charge in [-0.1, -0.05) is 36.4 Å². The number of nitrogens with zero attached hydrogens (tertiary/aromatic N) is 1. The number of hydrogen-bond donors (Lipinski definition) is 1. The van der Waals surface area contributed by atoms with Gasteiger partial charge in [-0.3, -0.25) is 9.69 Å². The molecule has 3 aromatic rings. The van der Waals surface area contributed by atoms with Gasteiger partial charge >= 0.3 is 0 Å². The van der Waals surface area contributed by atoms with Crippen molar-refractivity contribution in [2.45, 2.75) is 45.4 Å². The van der Waals surface area contributed by atoms with Crippen LogP contribution in [0.1, 0.15) is 42.1 Å². The molecule has 7 heteroatoms. The van der Waals surface area contributed by atoms with Crippen LogP contribution in [0.3, 0.4) is 0 Å². The van der Waals surface area contributed by atoms with E-state index in [2.05, 4.69) is 28.4 Å². The second-order valence-corrected chi connectivity index (χ2v) is 9.76. The number of carbonyl (C=O) groups excluding carboxylic acids is 1. The van der Waals surface area contributed by atoms with Crippen molar-refractivity contribution in [1.82, 2.24) is 10.2 Å². The summed E-state index contributed by atoms with van der Waals surface area (Å²) < 4.78 is 22.8. The standard InChI is InChI=1S/C31H38N2O5/c1-21(2)38-30-16-23(11-12-27(30)35-3)15-26-25-18-29(37-5)28(36-4)17-24(25)13-14-33(26)20-31(34)32-19-22-9-7-6-8-10-22/h6-12,16-18,21,26H,13-15,19-20H2,1-5H3,(H,32,34). The van der Waals surface area contributed by atoms with Crippen LogP contribution in [0.4, 0.5) is 0 Å². The molecule has 1 unspecified atom stereocenters. The van der Waals surface area contributed by atoms with E-state index in [-0.39, 0.29) is 18.1 Å². The Kier molecular flexibility index (Phi) is 9.13. The number of ether oxygens (including phenoxy) is 4. The van der Waals surface area contributed by atoms with Gasteiger partial charge in [0.1, 0.15) is 0 Å². The van der Waals surface area contributed by atoms with Crippen LogP contribution in [0, 0.1) is 0 Å². The first-order chi connectivity index (χ1) is 18.4. The zero-order valence-electron chi connectivity index (χ0n) is 23.0. The van der Waals surface area contributed by atoms with Crippen molar-refractivity contribution in [3.63, 3.8) is 0 Å². The predicted octanol–water partition coefficient (Wildman–Crippen LogP) is 4.96. The molecule has 0 aliphatic carbocycles. The van der Waals surface area contributed by atoms with Gasteiger partial charge in [0.05, 0.1) is 34.0 Å². The van der Waals surface area contributed by atoms with Crippen molar-refractivity contribution in [3.8, 4) is 23.0 Å². The number of benzene rings is 3. The van der Waals surface area contributed by atoms with E-state index in [4.69, 9.17) is 18.9 Å². The van der Waals surface area contributed by atoms with Gasteiger partial charge in [0.25, 0.3) is 0 Å². The molecule has 202 valence electrons. The molecule has 1 amide bonds. The third-order valence-corrected chi connectivity index (χ3v) is 6.81. The number of fused-ring (bicyclic) bond motifs is 1. The summed E-state index contributed by atoms with van der Waals surface area (Å²) in [5.74, 6) is 2.83. The van der Waals surface area contributed by atoms with Crippen LogP contribution in [-0.2, 0) is 24.2 Å². The van der Waals surface area contributed by atoms with Crippen molar-refractivity contribution in [2.24, 2.45) is 0 Å². The molecule has 1 heterocycles. The molecule has 4 rings (SSSR count). The fourth-order valence-corrected chi connectivity index (χ4v) is 4.96. The van der Waals surface area contributed by atoms with Crippen molar-refractivity contribution < 1.29 is 23.7 Å². The summed E-state index contributed by atoms with van der Waals surface area (Å²) in [5, 5.41) is 3.08. The largest absolute Gasteiger partial charge is 0.493 e. The second-order valence-electron chi connectivity index (χ2n) is 9.76. The van der Waals surface area contributed by atoms with E-state index in [1.807, 2.05) is 56.3 Å². The van der Waals surface area contributed by atoms with Crippen LogP contribution in [0.15, 0.2) is 60.7 Å². The molecule has 38 heavy (non-hydrogen) atoms. The van der Waals surface area contributed by atoms with Gasteiger partial charge in [-0.2, -0.15) is 0 Å². The fraction of sp³-hybridized carbons (Fsp3) is 0.387. The molecule has 0 saturated heterocycles. The first-order valence-electron chi connectivity index (χ1n) is 13.0. The molecule has 0 bridgehead atoms.